The normalized spacial score (nSPS) is 19.9. The molecule has 0 spiro atoms. The second kappa shape index (κ2) is 9.07. The number of nitrogens with zero attached hydrogens (tertiary/aromatic N) is 3. The average Bonchev–Trinajstić information content (AvgIpc) is 3.09. The zero-order chi connectivity index (χ0) is 19.1. The quantitative estimate of drug-likeness (QED) is 0.709. The van der Waals surface area contributed by atoms with Gasteiger partial charge in [0.1, 0.15) is 17.6 Å². The summed E-state index contributed by atoms with van der Waals surface area (Å²) in [6.07, 6.45) is 4.65. The molecule has 0 amide bonds. The van der Waals surface area contributed by atoms with Crippen LogP contribution in [0.4, 0.5) is 4.39 Å². The first kappa shape index (κ1) is 19.5. The van der Waals surface area contributed by atoms with Gasteiger partial charge in [-0.3, -0.25) is 4.90 Å². The first-order chi connectivity index (χ1) is 13.1. The third-order valence-electron chi connectivity index (χ3n) is 5.38. The fraction of sp³-hybridized carbons (Fsp3) is 0.455. The Morgan fingerprint density at radius 2 is 2.11 bits per heavy atom. The molecule has 1 saturated heterocycles. The Labute approximate surface area is 160 Å². The van der Waals surface area contributed by atoms with E-state index in [-0.39, 0.29) is 11.2 Å². The fourth-order valence-corrected chi connectivity index (χ4v) is 3.84. The summed E-state index contributed by atoms with van der Waals surface area (Å²) in [7, 11) is 0. The van der Waals surface area contributed by atoms with Crippen LogP contribution in [0.25, 0.3) is 0 Å². The van der Waals surface area contributed by atoms with Gasteiger partial charge in [-0.15, -0.1) is 0 Å². The molecule has 1 aliphatic rings. The fourth-order valence-electron chi connectivity index (χ4n) is 3.84. The highest BCUT2D eigenvalue weighted by Crippen LogP contribution is 2.36. The van der Waals surface area contributed by atoms with Crippen LogP contribution in [0, 0.1) is 22.6 Å². The number of aromatic nitrogens is 1. The van der Waals surface area contributed by atoms with E-state index in [4.69, 9.17) is 4.74 Å². The molecule has 1 aromatic carbocycles. The van der Waals surface area contributed by atoms with E-state index in [2.05, 4.69) is 16.0 Å². The number of aryl methyl sites for hydroxylation is 1. The molecule has 0 bridgehead atoms. The van der Waals surface area contributed by atoms with Crippen LogP contribution in [0.5, 0.6) is 0 Å². The maximum Gasteiger partial charge on any atom is 0.144 e. The molecule has 27 heavy (non-hydrogen) atoms. The molecule has 142 valence electrons. The van der Waals surface area contributed by atoms with Crippen LogP contribution in [-0.2, 0) is 17.7 Å². The van der Waals surface area contributed by atoms with Gasteiger partial charge in [0.2, 0.25) is 0 Å². The molecule has 4 nitrogen and oxygen atoms in total. The predicted octanol–water partition coefficient (Wildman–Crippen LogP) is 3.95. The molecule has 0 saturated carbocycles. The maximum absolute atomic E-state index is 13.1. The first-order valence-electron chi connectivity index (χ1n) is 9.53. The molecule has 3 rings (SSSR count). The third-order valence-corrected chi connectivity index (χ3v) is 5.38. The molecule has 1 aromatic heterocycles. The zero-order valence-corrected chi connectivity index (χ0v) is 15.8. The highest BCUT2D eigenvalue weighted by Gasteiger charge is 2.38. The summed E-state index contributed by atoms with van der Waals surface area (Å²) < 4.78 is 19.0. The molecule has 0 N–H and O–H groups in total. The summed E-state index contributed by atoms with van der Waals surface area (Å²) >= 11 is 0. The van der Waals surface area contributed by atoms with E-state index in [1.807, 2.05) is 31.2 Å². The Morgan fingerprint density at radius 3 is 2.85 bits per heavy atom. The Balaban J connectivity index is 1.66. The van der Waals surface area contributed by atoms with Crippen molar-refractivity contribution >= 4 is 0 Å². The molecule has 2 heterocycles. The van der Waals surface area contributed by atoms with Crippen LogP contribution in [0.3, 0.4) is 0 Å². The van der Waals surface area contributed by atoms with Gasteiger partial charge in [0, 0.05) is 36.9 Å². The van der Waals surface area contributed by atoms with E-state index in [1.54, 1.807) is 6.20 Å². The molecular weight excluding hydrogens is 341 g/mol. The van der Waals surface area contributed by atoms with Crippen molar-refractivity contribution in [3.8, 4) is 6.07 Å². The lowest BCUT2D eigenvalue weighted by Gasteiger charge is -2.29. The molecule has 1 fully saturated rings. The van der Waals surface area contributed by atoms with E-state index in [9.17, 15) is 9.65 Å². The SMILES string of the molecule is CCOC[C@@]1(CCc2ccc(F)cc2)CCN(Cc2cccnc2C#N)C1. The number of nitriles is 1. The topological polar surface area (TPSA) is 49.1 Å². The monoisotopic (exact) mass is 367 g/mol. The van der Waals surface area contributed by atoms with Gasteiger partial charge in [-0.05, 0) is 56.5 Å². The minimum absolute atomic E-state index is 0.0966. The molecule has 0 radical (unpaired) electrons. The van der Waals surface area contributed by atoms with E-state index in [1.165, 1.54) is 12.1 Å². The van der Waals surface area contributed by atoms with Crippen molar-refractivity contribution in [3.63, 3.8) is 0 Å². The lowest BCUT2D eigenvalue weighted by Crippen LogP contribution is -2.32. The molecule has 5 heteroatoms. The zero-order valence-electron chi connectivity index (χ0n) is 15.8. The smallest absolute Gasteiger partial charge is 0.144 e. The summed E-state index contributed by atoms with van der Waals surface area (Å²) in [6.45, 7) is 6.12. The number of hydrogen-bond donors (Lipinski definition) is 0. The van der Waals surface area contributed by atoms with Gasteiger partial charge in [0.15, 0.2) is 0 Å². The van der Waals surface area contributed by atoms with Gasteiger partial charge in [-0.1, -0.05) is 18.2 Å². The summed E-state index contributed by atoms with van der Waals surface area (Å²) in [6, 6.07) is 12.8. The highest BCUT2D eigenvalue weighted by atomic mass is 19.1. The minimum Gasteiger partial charge on any atom is -0.381 e. The number of pyridine rings is 1. The highest BCUT2D eigenvalue weighted by molar-refractivity contribution is 5.30. The number of halogens is 1. The minimum atomic E-state index is -0.195. The summed E-state index contributed by atoms with van der Waals surface area (Å²) in [5.41, 5.74) is 2.74. The van der Waals surface area contributed by atoms with Crippen LogP contribution in [0.15, 0.2) is 42.6 Å². The van der Waals surface area contributed by atoms with Crippen molar-refractivity contribution in [2.75, 3.05) is 26.3 Å². The standard InChI is InChI=1S/C22H26FN3O/c1-2-27-17-22(10-9-18-5-7-20(23)8-6-18)11-13-26(16-22)15-19-4-3-12-25-21(19)14-24/h3-8,12H,2,9-11,13,15-17H2,1H3/t22-/m0/s1. The van der Waals surface area contributed by atoms with E-state index in [0.29, 0.717) is 12.3 Å². The van der Waals surface area contributed by atoms with Crippen LogP contribution >= 0.6 is 0 Å². The largest absolute Gasteiger partial charge is 0.381 e. The summed E-state index contributed by atoms with van der Waals surface area (Å²) in [5.74, 6) is -0.195. The molecular formula is C22H26FN3O. The van der Waals surface area contributed by atoms with Gasteiger partial charge in [0.05, 0.1) is 6.61 Å². The second-order valence-electron chi connectivity index (χ2n) is 7.35. The van der Waals surface area contributed by atoms with Crippen LogP contribution in [0.1, 0.15) is 36.6 Å². The molecule has 0 unspecified atom stereocenters. The lowest BCUT2D eigenvalue weighted by atomic mass is 9.82. The van der Waals surface area contributed by atoms with Crippen molar-refractivity contribution in [2.24, 2.45) is 5.41 Å². The van der Waals surface area contributed by atoms with E-state index < -0.39 is 0 Å². The Kier molecular flexibility index (Phi) is 6.54. The first-order valence-corrected chi connectivity index (χ1v) is 9.53. The molecule has 0 aliphatic carbocycles. The maximum atomic E-state index is 13.1. The number of benzene rings is 1. The molecule has 1 atom stereocenters. The van der Waals surface area contributed by atoms with Gasteiger partial charge in [-0.25, -0.2) is 9.37 Å². The lowest BCUT2D eigenvalue weighted by molar-refractivity contribution is 0.0489. The number of rotatable bonds is 8. The van der Waals surface area contributed by atoms with Crippen molar-refractivity contribution in [2.45, 2.75) is 32.7 Å². The average molecular weight is 367 g/mol. The van der Waals surface area contributed by atoms with Gasteiger partial charge in [0.25, 0.3) is 0 Å². The molecule has 1 aliphatic heterocycles. The van der Waals surface area contributed by atoms with Crippen LogP contribution < -0.4 is 0 Å². The number of ether oxygens (including phenoxy) is 1. The summed E-state index contributed by atoms with van der Waals surface area (Å²) in [4.78, 5) is 6.56. The van der Waals surface area contributed by atoms with Gasteiger partial charge in [-0.2, -0.15) is 5.26 Å². The van der Waals surface area contributed by atoms with E-state index >= 15 is 0 Å². The van der Waals surface area contributed by atoms with Crippen LogP contribution in [-0.4, -0.2) is 36.2 Å². The Bertz CT molecular complexity index is 787. The number of hydrogen-bond acceptors (Lipinski definition) is 4. The van der Waals surface area contributed by atoms with Crippen molar-refractivity contribution < 1.29 is 9.13 Å². The van der Waals surface area contributed by atoms with Crippen molar-refractivity contribution in [3.05, 3.63) is 65.2 Å². The number of likely N-dealkylation sites (tertiary alicyclic amines) is 1. The van der Waals surface area contributed by atoms with Crippen molar-refractivity contribution in [1.29, 1.82) is 5.26 Å². The Hall–Kier alpha value is -2.29. The van der Waals surface area contributed by atoms with Crippen molar-refractivity contribution in [1.82, 2.24) is 9.88 Å². The second-order valence-corrected chi connectivity index (χ2v) is 7.35. The predicted molar refractivity (Wildman–Crippen MR) is 102 cm³/mol. The summed E-state index contributed by atoms with van der Waals surface area (Å²) in [5, 5.41) is 9.26. The van der Waals surface area contributed by atoms with E-state index in [0.717, 1.165) is 56.6 Å². The third kappa shape index (κ3) is 5.12. The van der Waals surface area contributed by atoms with Gasteiger partial charge >= 0.3 is 0 Å². The van der Waals surface area contributed by atoms with Crippen LogP contribution in [0.2, 0.25) is 0 Å². The Morgan fingerprint density at radius 1 is 1.30 bits per heavy atom. The van der Waals surface area contributed by atoms with Gasteiger partial charge < -0.3 is 4.74 Å². The molecule has 2 aromatic rings.